The van der Waals surface area contributed by atoms with Gasteiger partial charge >= 0.3 is 0 Å². The zero-order valence-corrected chi connectivity index (χ0v) is 30.8. The lowest BCUT2D eigenvalue weighted by atomic mass is 9.72. The first kappa shape index (κ1) is 31.6. The minimum absolute atomic E-state index is 0.139. The summed E-state index contributed by atoms with van der Waals surface area (Å²) >= 11 is 3.44. The number of benzene rings is 4. The predicted molar refractivity (Wildman–Crippen MR) is 204 cm³/mol. The van der Waals surface area contributed by atoms with Crippen LogP contribution < -0.4 is 20.7 Å². The van der Waals surface area contributed by atoms with Gasteiger partial charge in [-0.05, 0) is 64.9 Å². The summed E-state index contributed by atoms with van der Waals surface area (Å²) in [7, 11) is 0. The molecule has 4 aliphatic heterocycles. The molecule has 0 saturated carbocycles. The van der Waals surface area contributed by atoms with Gasteiger partial charge in [0, 0.05) is 44.4 Å². The lowest BCUT2D eigenvalue weighted by Crippen LogP contribution is -2.49. The van der Waals surface area contributed by atoms with E-state index in [9.17, 15) is 9.59 Å². The molecule has 0 radical (unpaired) electrons. The van der Waals surface area contributed by atoms with Crippen LogP contribution in [0.25, 0.3) is 28.3 Å². The Hall–Kier alpha value is -5.94. The quantitative estimate of drug-likeness (QED) is 0.167. The van der Waals surface area contributed by atoms with Crippen molar-refractivity contribution in [3.05, 3.63) is 146 Å². The summed E-state index contributed by atoms with van der Waals surface area (Å²) in [6.45, 7) is 4.00. The first-order valence-electron chi connectivity index (χ1n) is 18.2. The number of carbonyl (C=O) groups is 2. The van der Waals surface area contributed by atoms with E-state index in [0.29, 0.717) is 40.3 Å². The van der Waals surface area contributed by atoms with Crippen molar-refractivity contribution in [3.8, 4) is 28.5 Å². The highest BCUT2D eigenvalue weighted by Crippen LogP contribution is 2.61. The molecule has 5 aliphatic rings. The Morgan fingerprint density at radius 3 is 2.67 bits per heavy atom. The van der Waals surface area contributed by atoms with E-state index in [1.165, 1.54) is 5.56 Å². The monoisotopic (exact) mass is 777 g/mol. The first-order chi connectivity index (χ1) is 26.3. The summed E-state index contributed by atoms with van der Waals surface area (Å²) in [6, 6.07) is 24.3. The molecule has 11 rings (SSSR count). The number of hydrogen-bond donors (Lipinski definition) is 3. The van der Waals surface area contributed by atoms with Crippen LogP contribution in [0.3, 0.4) is 0 Å². The Labute approximate surface area is 318 Å². The Bertz CT molecular complexity index is 2640. The van der Waals surface area contributed by atoms with Gasteiger partial charge in [0.05, 0.1) is 6.20 Å². The molecular formula is C43H32BrN5O5. The molecule has 0 saturated heterocycles. The summed E-state index contributed by atoms with van der Waals surface area (Å²) in [5.41, 5.74) is 8.94. The van der Waals surface area contributed by atoms with Crippen LogP contribution in [0.15, 0.2) is 104 Å². The smallest absolute Gasteiger partial charge is 0.251 e. The second-order valence-corrected chi connectivity index (χ2v) is 15.8. The van der Waals surface area contributed by atoms with E-state index in [4.69, 9.17) is 23.5 Å². The lowest BCUT2D eigenvalue weighted by molar-refractivity contribution is -0.124. The van der Waals surface area contributed by atoms with E-state index in [1.54, 1.807) is 30.5 Å². The fourth-order valence-electron chi connectivity index (χ4n) is 8.95. The van der Waals surface area contributed by atoms with Crippen molar-refractivity contribution >= 4 is 39.0 Å². The number of halogens is 1. The number of oxazole rings is 2. The average Bonchev–Trinajstić information content (AvgIpc) is 3.99. The number of para-hydroxylation sites is 1. The van der Waals surface area contributed by atoms with Gasteiger partial charge in [0.1, 0.15) is 23.2 Å². The molecule has 2 aromatic heterocycles. The van der Waals surface area contributed by atoms with Crippen molar-refractivity contribution in [2.24, 2.45) is 5.92 Å². The van der Waals surface area contributed by atoms with Gasteiger partial charge in [-0.3, -0.25) is 9.59 Å². The fourth-order valence-corrected chi connectivity index (χ4v) is 9.21. The number of fused-ring (bicyclic) bond motifs is 7. The zero-order chi connectivity index (χ0) is 36.5. The third kappa shape index (κ3) is 4.32. The molecule has 4 atom stereocenters. The van der Waals surface area contributed by atoms with Crippen LogP contribution in [-0.4, -0.2) is 34.1 Å². The molecule has 11 heteroatoms. The number of carbonyl (C=O) groups excluding carboxylic acids is 2. The van der Waals surface area contributed by atoms with Crippen LogP contribution in [0.2, 0.25) is 0 Å². The molecule has 4 aromatic carbocycles. The van der Waals surface area contributed by atoms with E-state index in [2.05, 4.69) is 80.4 Å². The number of allylic oxidation sites excluding steroid dienone is 1. The SMILES string of the molecule is CC(C)[C@@H]1NC(=O)C(NC(=O)c2ccc(Br)cc2)Cc2ccc3c(c2)C24c5cccc(c5N[C@H]2O3)-c2cccc3c2C(=CC3)c2cnc(o2)-c2nc1oc24. The maximum absolute atomic E-state index is 14.3. The average molecular weight is 779 g/mol. The largest absolute Gasteiger partial charge is 0.469 e. The second-order valence-electron chi connectivity index (χ2n) is 14.9. The summed E-state index contributed by atoms with van der Waals surface area (Å²) in [5, 5.41) is 10.0. The van der Waals surface area contributed by atoms with E-state index < -0.39 is 23.7 Å². The molecule has 10 bridgehead atoms. The molecule has 2 amide bonds. The van der Waals surface area contributed by atoms with Gasteiger partial charge in [-0.25, -0.2) is 9.97 Å². The van der Waals surface area contributed by atoms with Gasteiger partial charge in [0.15, 0.2) is 23.4 Å². The predicted octanol–water partition coefficient (Wildman–Crippen LogP) is 7.71. The maximum Gasteiger partial charge on any atom is 0.251 e. The highest BCUT2D eigenvalue weighted by atomic mass is 79.9. The molecule has 3 N–H and O–H groups in total. The Morgan fingerprint density at radius 1 is 0.981 bits per heavy atom. The van der Waals surface area contributed by atoms with Gasteiger partial charge in [0.2, 0.25) is 17.7 Å². The summed E-state index contributed by atoms with van der Waals surface area (Å²) < 4.78 is 21.4. The van der Waals surface area contributed by atoms with Crippen LogP contribution in [-0.2, 0) is 23.1 Å². The standard InChI is InChI=1S/C43H32BrN5O5/c1-20(2)34-41-48-36-37(54-41)43-28-8-4-7-26(25-6-3-5-22-12-15-27(33(22)25)32-19-45-40(36)52-32)35(28)49-42(43)53-31-16-9-21(17-29(31)43)18-30(39(51)47-34)46-38(50)23-10-13-24(44)14-11-23/h3-11,13-17,19-20,30,34,42,49H,12,18H2,1-2H3,(H,46,50)(H,47,51)/t30?,34-,42-,43?/m0/s1. The number of nitrogens with zero attached hydrogens (tertiary/aromatic N) is 2. The van der Waals surface area contributed by atoms with Crippen LogP contribution >= 0.6 is 15.9 Å². The van der Waals surface area contributed by atoms with Gasteiger partial charge in [-0.2, -0.15) is 0 Å². The number of amides is 2. The minimum atomic E-state index is -1.03. The van der Waals surface area contributed by atoms with Gasteiger partial charge in [0.25, 0.3) is 5.91 Å². The molecule has 54 heavy (non-hydrogen) atoms. The highest BCUT2D eigenvalue weighted by molar-refractivity contribution is 9.10. The molecule has 2 unspecified atom stereocenters. The van der Waals surface area contributed by atoms with E-state index in [-0.39, 0.29) is 24.2 Å². The Balaban J connectivity index is 1.18. The molecule has 6 aromatic rings. The van der Waals surface area contributed by atoms with Crippen molar-refractivity contribution < 1.29 is 23.2 Å². The van der Waals surface area contributed by atoms with Crippen molar-refractivity contribution in [2.75, 3.05) is 5.32 Å². The minimum Gasteiger partial charge on any atom is -0.469 e. The van der Waals surface area contributed by atoms with Gasteiger partial charge < -0.3 is 29.5 Å². The third-order valence-corrected chi connectivity index (χ3v) is 12.0. The number of ether oxygens (including phenoxy) is 1. The Morgan fingerprint density at radius 2 is 1.81 bits per heavy atom. The van der Waals surface area contributed by atoms with Crippen molar-refractivity contribution in [3.63, 3.8) is 0 Å². The molecular weight excluding hydrogens is 746 g/mol. The number of aromatic nitrogens is 2. The van der Waals surface area contributed by atoms with E-state index in [0.717, 1.165) is 55.5 Å². The molecule has 0 fully saturated rings. The van der Waals surface area contributed by atoms with E-state index >= 15 is 0 Å². The van der Waals surface area contributed by atoms with Crippen molar-refractivity contribution in [1.29, 1.82) is 0 Å². The molecule has 266 valence electrons. The topological polar surface area (TPSA) is 132 Å². The van der Waals surface area contributed by atoms with Crippen molar-refractivity contribution in [2.45, 2.75) is 50.4 Å². The number of rotatable bonds is 3. The molecule has 10 nitrogen and oxygen atoms in total. The van der Waals surface area contributed by atoms with E-state index in [1.807, 2.05) is 26.0 Å². The van der Waals surface area contributed by atoms with Gasteiger partial charge in [-0.1, -0.05) is 84.4 Å². The molecule has 6 heterocycles. The molecule has 1 aliphatic carbocycles. The number of nitrogens with one attached hydrogen (secondary N) is 3. The summed E-state index contributed by atoms with van der Waals surface area (Å²) in [4.78, 5) is 37.9. The number of hydrogen-bond acceptors (Lipinski definition) is 8. The van der Waals surface area contributed by atoms with Crippen molar-refractivity contribution in [1.82, 2.24) is 20.6 Å². The summed E-state index contributed by atoms with van der Waals surface area (Å²) in [6.07, 6.45) is 4.37. The van der Waals surface area contributed by atoms with Gasteiger partial charge in [-0.15, -0.1) is 0 Å². The highest BCUT2D eigenvalue weighted by Gasteiger charge is 2.61. The van der Waals surface area contributed by atoms with Crippen LogP contribution in [0.4, 0.5) is 5.69 Å². The van der Waals surface area contributed by atoms with Crippen LogP contribution in [0.5, 0.6) is 5.75 Å². The second kappa shape index (κ2) is 11.3. The first-order valence-corrected chi connectivity index (χ1v) is 18.9. The van der Waals surface area contributed by atoms with Crippen LogP contribution in [0, 0.1) is 5.92 Å². The lowest BCUT2D eigenvalue weighted by Gasteiger charge is -2.29. The Kier molecular flexibility index (Phi) is 6.60. The van der Waals surface area contributed by atoms with Crippen LogP contribution in [0.1, 0.15) is 75.5 Å². The maximum atomic E-state index is 14.3. The summed E-state index contributed by atoms with van der Waals surface area (Å²) in [5.74, 6) is 1.62. The normalized spacial score (nSPS) is 22.2. The zero-order valence-electron chi connectivity index (χ0n) is 29.2. The number of anilines is 1. The molecule has 1 spiro atoms. The third-order valence-electron chi connectivity index (χ3n) is 11.5. The fraction of sp³-hybridized carbons (Fsp3) is 0.209.